The normalized spacial score (nSPS) is 23.8. The molecule has 0 spiro atoms. The predicted octanol–water partition coefficient (Wildman–Crippen LogP) is 3.59. The van der Waals surface area contributed by atoms with Gasteiger partial charge in [0.15, 0.2) is 0 Å². The highest BCUT2D eigenvalue weighted by atomic mass is 35.5. The molecule has 2 atom stereocenters. The van der Waals surface area contributed by atoms with Gasteiger partial charge in [0, 0.05) is 37.5 Å². The first-order valence-electron chi connectivity index (χ1n) is 11.1. The second-order valence-corrected chi connectivity index (χ2v) is 10.5. The molecular weight excluding hydrogens is 426 g/mol. The number of carbonyl (C=O) groups excluding carboxylic acids is 3. The number of allylic oxidation sites excluding steroid dienone is 2. The van der Waals surface area contributed by atoms with Crippen LogP contribution in [-0.2, 0) is 14.4 Å². The third kappa shape index (κ3) is 4.33. The summed E-state index contributed by atoms with van der Waals surface area (Å²) in [6.07, 6.45) is 5.07. The molecular formula is C25H30ClN3O3. The molecule has 7 heteroatoms. The Kier molecular flexibility index (Phi) is 5.93. The zero-order valence-corrected chi connectivity index (χ0v) is 19.9. The van der Waals surface area contributed by atoms with E-state index in [1.165, 1.54) is 0 Å². The molecule has 2 heterocycles. The summed E-state index contributed by atoms with van der Waals surface area (Å²) in [4.78, 5) is 44.6. The molecule has 0 N–H and O–H groups in total. The van der Waals surface area contributed by atoms with Crippen LogP contribution >= 0.6 is 11.6 Å². The van der Waals surface area contributed by atoms with E-state index in [4.69, 9.17) is 11.6 Å². The molecule has 0 aromatic heterocycles. The van der Waals surface area contributed by atoms with Crippen molar-refractivity contribution in [1.29, 1.82) is 0 Å². The first-order valence-corrected chi connectivity index (χ1v) is 11.5. The highest BCUT2D eigenvalue weighted by Crippen LogP contribution is 2.36. The molecule has 0 bridgehead atoms. The second-order valence-electron chi connectivity index (χ2n) is 10.1. The molecule has 3 aliphatic rings. The second kappa shape index (κ2) is 8.39. The van der Waals surface area contributed by atoms with E-state index in [-0.39, 0.29) is 35.6 Å². The highest BCUT2D eigenvalue weighted by molar-refractivity contribution is 6.30. The fourth-order valence-corrected chi connectivity index (χ4v) is 4.80. The van der Waals surface area contributed by atoms with Gasteiger partial charge in [-0.2, -0.15) is 0 Å². The van der Waals surface area contributed by atoms with Crippen LogP contribution < -0.4 is 0 Å². The fourth-order valence-electron chi connectivity index (χ4n) is 4.67. The smallest absolute Gasteiger partial charge is 0.256 e. The molecule has 0 saturated carbocycles. The largest absolute Gasteiger partial charge is 0.338 e. The molecule has 3 amide bonds. The quantitative estimate of drug-likeness (QED) is 0.684. The first-order chi connectivity index (χ1) is 15.0. The average Bonchev–Trinajstić information content (AvgIpc) is 2.82. The lowest BCUT2D eigenvalue weighted by Crippen LogP contribution is -2.60. The maximum absolute atomic E-state index is 13.6. The summed E-state index contributed by atoms with van der Waals surface area (Å²) in [5.74, 6) is -0.209. The minimum absolute atomic E-state index is 0.0305. The van der Waals surface area contributed by atoms with Gasteiger partial charge in [-0.15, -0.1) is 0 Å². The van der Waals surface area contributed by atoms with Crippen molar-refractivity contribution in [3.8, 4) is 0 Å². The van der Waals surface area contributed by atoms with Crippen molar-refractivity contribution in [3.63, 3.8) is 0 Å². The van der Waals surface area contributed by atoms with Crippen LogP contribution in [0.25, 0.3) is 0 Å². The molecule has 2 fully saturated rings. The van der Waals surface area contributed by atoms with Crippen LogP contribution in [0, 0.1) is 5.41 Å². The summed E-state index contributed by atoms with van der Waals surface area (Å²) in [7, 11) is 1.72. The van der Waals surface area contributed by atoms with Crippen molar-refractivity contribution in [2.75, 3.05) is 26.7 Å². The van der Waals surface area contributed by atoms with Crippen LogP contribution in [0.4, 0.5) is 0 Å². The lowest BCUT2D eigenvalue weighted by Gasteiger charge is -2.40. The van der Waals surface area contributed by atoms with Crippen LogP contribution in [0.1, 0.15) is 45.1 Å². The Labute approximate surface area is 194 Å². The van der Waals surface area contributed by atoms with E-state index in [1.54, 1.807) is 21.7 Å². The van der Waals surface area contributed by atoms with Crippen molar-refractivity contribution < 1.29 is 14.4 Å². The number of carbonyl (C=O) groups is 3. The Bertz CT molecular complexity index is 1010. The Hall–Kier alpha value is -2.60. The molecule has 4 rings (SSSR count). The lowest BCUT2D eigenvalue weighted by molar-refractivity contribution is -0.148. The average molecular weight is 456 g/mol. The number of hydrogen-bond donors (Lipinski definition) is 0. The molecule has 2 aliphatic heterocycles. The van der Waals surface area contributed by atoms with E-state index < -0.39 is 6.04 Å². The minimum atomic E-state index is -0.661. The van der Waals surface area contributed by atoms with E-state index in [9.17, 15) is 14.4 Å². The molecule has 2 unspecified atom stereocenters. The van der Waals surface area contributed by atoms with E-state index in [0.717, 1.165) is 5.56 Å². The van der Waals surface area contributed by atoms with Crippen molar-refractivity contribution in [3.05, 3.63) is 58.3 Å². The zero-order chi connectivity index (χ0) is 23.2. The zero-order valence-electron chi connectivity index (χ0n) is 19.1. The lowest BCUT2D eigenvalue weighted by atomic mass is 9.87. The molecule has 1 aromatic carbocycles. The van der Waals surface area contributed by atoms with Crippen LogP contribution in [0.3, 0.4) is 0 Å². The van der Waals surface area contributed by atoms with Crippen LogP contribution in [-0.4, -0.2) is 65.1 Å². The van der Waals surface area contributed by atoms with E-state index >= 15 is 0 Å². The van der Waals surface area contributed by atoms with Crippen LogP contribution in [0.2, 0.25) is 5.02 Å². The summed E-state index contributed by atoms with van der Waals surface area (Å²) < 4.78 is 0. The third-order valence-electron chi connectivity index (χ3n) is 6.39. The van der Waals surface area contributed by atoms with Gasteiger partial charge in [0.2, 0.25) is 5.91 Å². The molecule has 170 valence electrons. The summed E-state index contributed by atoms with van der Waals surface area (Å²) in [5.41, 5.74) is 2.17. The highest BCUT2D eigenvalue weighted by Gasteiger charge is 2.44. The number of amides is 3. The maximum Gasteiger partial charge on any atom is 0.256 e. The Morgan fingerprint density at radius 2 is 1.81 bits per heavy atom. The minimum Gasteiger partial charge on any atom is -0.338 e. The van der Waals surface area contributed by atoms with Gasteiger partial charge >= 0.3 is 0 Å². The van der Waals surface area contributed by atoms with Gasteiger partial charge in [-0.25, -0.2) is 0 Å². The number of hydrogen-bond acceptors (Lipinski definition) is 3. The van der Waals surface area contributed by atoms with Crippen molar-refractivity contribution >= 4 is 29.3 Å². The molecule has 1 aromatic rings. The first kappa shape index (κ1) is 22.6. The molecule has 6 nitrogen and oxygen atoms in total. The standard InChI is InChI=1S/C25H30ClN3O3/c1-25(2,3)14-22(30)28-11-12-29-21(15-28)24(32)27(4)20-10-7-17(13-19(20)23(29)31)16-5-8-18(26)9-6-16/h5-6,8-10,13,17,21H,7,11-12,14-15H2,1-4H3. The van der Waals surface area contributed by atoms with Gasteiger partial charge in [0.25, 0.3) is 11.8 Å². The maximum atomic E-state index is 13.6. The van der Waals surface area contributed by atoms with Gasteiger partial charge < -0.3 is 14.7 Å². The van der Waals surface area contributed by atoms with Crippen molar-refractivity contribution in [2.24, 2.45) is 5.41 Å². The topological polar surface area (TPSA) is 60.9 Å². The van der Waals surface area contributed by atoms with Crippen molar-refractivity contribution in [2.45, 2.75) is 45.6 Å². The van der Waals surface area contributed by atoms with Crippen molar-refractivity contribution in [1.82, 2.24) is 14.7 Å². The monoisotopic (exact) mass is 455 g/mol. The summed E-state index contributed by atoms with van der Waals surface area (Å²) >= 11 is 6.03. The third-order valence-corrected chi connectivity index (χ3v) is 6.64. The van der Waals surface area contributed by atoms with E-state index in [1.807, 2.05) is 57.2 Å². The molecule has 1 aliphatic carbocycles. The summed E-state index contributed by atoms with van der Waals surface area (Å²) in [5, 5.41) is 0.672. The fraction of sp³-hybridized carbons (Fsp3) is 0.480. The van der Waals surface area contributed by atoms with E-state index in [2.05, 4.69) is 0 Å². The molecule has 2 saturated heterocycles. The van der Waals surface area contributed by atoms with Gasteiger partial charge in [-0.05, 0) is 29.5 Å². The SMILES string of the molecule is CN1C(=O)C2CN(C(=O)CC(C)(C)C)CCN2C(=O)C2=CC(c3ccc(Cl)cc3)CC=C21. The number of piperazine rings is 1. The number of benzene rings is 1. The number of rotatable bonds is 2. The molecule has 0 radical (unpaired) electrons. The number of fused-ring (bicyclic) bond motifs is 2. The molecule has 32 heavy (non-hydrogen) atoms. The Morgan fingerprint density at radius 1 is 1.12 bits per heavy atom. The number of nitrogens with zero attached hydrogens (tertiary/aromatic N) is 3. The summed E-state index contributed by atoms with van der Waals surface area (Å²) in [6.45, 7) is 7.11. The van der Waals surface area contributed by atoms with Crippen LogP contribution in [0.5, 0.6) is 0 Å². The number of halogens is 1. The van der Waals surface area contributed by atoms with Gasteiger partial charge in [-0.3, -0.25) is 14.4 Å². The van der Waals surface area contributed by atoms with E-state index in [0.29, 0.717) is 42.2 Å². The Morgan fingerprint density at radius 3 is 2.47 bits per heavy atom. The van der Waals surface area contributed by atoms with Crippen LogP contribution in [0.15, 0.2) is 47.7 Å². The Balaban J connectivity index is 1.61. The van der Waals surface area contributed by atoms with Gasteiger partial charge in [-0.1, -0.05) is 56.7 Å². The van der Waals surface area contributed by atoms with Gasteiger partial charge in [0.1, 0.15) is 6.04 Å². The summed E-state index contributed by atoms with van der Waals surface area (Å²) in [6, 6.07) is 6.99. The predicted molar refractivity (Wildman–Crippen MR) is 124 cm³/mol. The van der Waals surface area contributed by atoms with Gasteiger partial charge in [0.05, 0.1) is 17.8 Å². The number of likely N-dealkylation sites (N-methyl/N-ethyl adjacent to an activating group) is 1.